The summed E-state index contributed by atoms with van der Waals surface area (Å²) < 4.78 is 17.2. The molecule has 0 saturated carbocycles. The van der Waals surface area contributed by atoms with E-state index in [4.69, 9.17) is 14.2 Å². The normalized spacial score (nSPS) is 11.4. The van der Waals surface area contributed by atoms with E-state index in [9.17, 15) is 4.79 Å². The van der Waals surface area contributed by atoms with Gasteiger partial charge in [-0.05, 0) is 67.3 Å². The van der Waals surface area contributed by atoms with Gasteiger partial charge in [0.25, 0.3) is 0 Å². The van der Waals surface area contributed by atoms with Crippen LogP contribution in [0.4, 0.5) is 0 Å². The fourth-order valence-electron chi connectivity index (χ4n) is 2.97. The van der Waals surface area contributed by atoms with Crippen molar-refractivity contribution < 1.29 is 19.0 Å². The molecule has 0 radical (unpaired) electrons. The van der Waals surface area contributed by atoms with Crippen LogP contribution in [0, 0.1) is 0 Å². The number of rotatable bonds is 10. The summed E-state index contributed by atoms with van der Waals surface area (Å²) >= 11 is 0. The van der Waals surface area contributed by atoms with Gasteiger partial charge < -0.3 is 14.2 Å². The molecule has 0 bridgehead atoms. The highest BCUT2D eigenvalue weighted by molar-refractivity contribution is 6.06. The van der Waals surface area contributed by atoms with Crippen LogP contribution in [0.3, 0.4) is 0 Å². The number of ketones is 1. The number of carbonyl (C=O) groups excluding carboxylic acids is 1. The van der Waals surface area contributed by atoms with E-state index in [1.165, 1.54) is 0 Å². The predicted octanol–water partition coefficient (Wildman–Crippen LogP) is 6.24. The van der Waals surface area contributed by atoms with E-state index < -0.39 is 0 Å². The number of ether oxygens (including phenoxy) is 3. The first-order valence-corrected chi connectivity index (χ1v) is 10.3. The van der Waals surface area contributed by atoms with Crippen molar-refractivity contribution in [3.05, 3.63) is 71.8 Å². The number of hydrogen-bond acceptors (Lipinski definition) is 4. The molecule has 0 saturated heterocycles. The molecule has 2 rings (SSSR count). The maximum Gasteiger partial charge on any atom is 0.185 e. The Kier molecular flexibility index (Phi) is 8.28. The molecule has 0 fully saturated rings. The highest BCUT2D eigenvalue weighted by Gasteiger charge is 2.23. The average molecular weight is 409 g/mol. The highest BCUT2D eigenvalue weighted by Crippen LogP contribution is 2.40. The van der Waals surface area contributed by atoms with Crippen LogP contribution in [0.15, 0.2) is 55.1 Å². The average Bonchev–Trinajstić information content (AvgIpc) is 2.71. The lowest BCUT2D eigenvalue weighted by molar-refractivity contribution is 0.104. The third-order valence-corrected chi connectivity index (χ3v) is 4.41. The first kappa shape index (κ1) is 23.3. The van der Waals surface area contributed by atoms with Crippen LogP contribution in [0.1, 0.15) is 56.1 Å². The van der Waals surface area contributed by atoms with Crippen LogP contribution >= 0.6 is 0 Å². The Labute approximate surface area is 180 Å². The van der Waals surface area contributed by atoms with Crippen LogP contribution in [0.25, 0.3) is 6.08 Å². The Bertz CT molecular complexity index is 886. The molecule has 0 aliphatic rings. The summed E-state index contributed by atoms with van der Waals surface area (Å²) in [5.74, 6) is 2.10. The van der Waals surface area contributed by atoms with Crippen molar-refractivity contribution in [1.82, 2.24) is 0 Å². The third kappa shape index (κ3) is 6.24. The highest BCUT2D eigenvalue weighted by atomic mass is 16.5. The summed E-state index contributed by atoms with van der Waals surface area (Å²) in [4.78, 5) is 12.6. The maximum absolute atomic E-state index is 12.6. The topological polar surface area (TPSA) is 44.8 Å². The molecule has 2 aromatic rings. The summed E-state index contributed by atoms with van der Waals surface area (Å²) in [6.07, 6.45) is 5.08. The minimum Gasteiger partial charge on any atom is -0.490 e. The first-order chi connectivity index (χ1) is 14.3. The lowest BCUT2D eigenvalue weighted by Crippen LogP contribution is -2.15. The zero-order valence-electron chi connectivity index (χ0n) is 18.7. The molecular weight excluding hydrogens is 376 g/mol. The summed E-state index contributed by atoms with van der Waals surface area (Å²) in [5, 5.41) is 0. The van der Waals surface area contributed by atoms with Crippen LogP contribution in [0.5, 0.6) is 17.2 Å². The molecule has 0 N–H and O–H groups in total. The summed E-state index contributed by atoms with van der Waals surface area (Å²) in [7, 11) is 0. The molecule has 4 nitrogen and oxygen atoms in total. The third-order valence-electron chi connectivity index (χ3n) is 4.41. The van der Waals surface area contributed by atoms with Crippen LogP contribution in [0.2, 0.25) is 0 Å². The zero-order chi connectivity index (χ0) is 22.1. The van der Waals surface area contributed by atoms with Gasteiger partial charge in [-0.15, -0.1) is 0 Å². The summed E-state index contributed by atoms with van der Waals surface area (Å²) in [5.41, 5.74) is 2.41. The Morgan fingerprint density at radius 2 is 1.67 bits per heavy atom. The fourth-order valence-corrected chi connectivity index (χ4v) is 2.97. The van der Waals surface area contributed by atoms with Gasteiger partial charge in [0.1, 0.15) is 12.4 Å². The standard InChI is InChI=1S/C26H32O4/c1-7-16-30-21-13-11-20(12-14-21)23(27)15-10-19-17-22(26(4,5)6)25(29-9-3)24(18-19)28-8-2/h7,10-15,17-18H,1,8-9,16H2,2-6H3. The van der Waals surface area contributed by atoms with Crippen molar-refractivity contribution in [3.63, 3.8) is 0 Å². The van der Waals surface area contributed by atoms with E-state index in [-0.39, 0.29) is 11.2 Å². The van der Waals surface area contributed by atoms with E-state index in [1.807, 2.05) is 26.0 Å². The van der Waals surface area contributed by atoms with Crippen molar-refractivity contribution in [2.75, 3.05) is 19.8 Å². The molecule has 0 amide bonds. The van der Waals surface area contributed by atoms with E-state index in [2.05, 4.69) is 33.4 Å². The molecule has 0 spiro atoms. The van der Waals surface area contributed by atoms with E-state index in [0.717, 1.165) is 16.9 Å². The Balaban J connectivity index is 2.31. The van der Waals surface area contributed by atoms with Gasteiger partial charge in [0.2, 0.25) is 0 Å². The van der Waals surface area contributed by atoms with E-state index in [1.54, 1.807) is 36.4 Å². The van der Waals surface area contributed by atoms with Gasteiger partial charge in [-0.25, -0.2) is 0 Å². The second-order valence-electron chi connectivity index (χ2n) is 7.83. The van der Waals surface area contributed by atoms with Gasteiger partial charge in [-0.1, -0.05) is 39.5 Å². The molecule has 0 atom stereocenters. The van der Waals surface area contributed by atoms with Crippen molar-refractivity contribution in [1.29, 1.82) is 0 Å². The van der Waals surface area contributed by atoms with Crippen molar-refractivity contribution in [2.24, 2.45) is 0 Å². The number of carbonyl (C=O) groups is 1. The lowest BCUT2D eigenvalue weighted by atomic mass is 9.85. The molecule has 0 heterocycles. The second kappa shape index (κ2) is 10.7. The van der Waals surface area contributed by atoms with Gasteiger partial charge in [-0.2, -0.15) is 0 Å². The van der Waals surface area contributed by atoms with Gasteiger partial charge in [0.15, 0.2) is 17.3 Å². The molecule has 160 valence electrons. The van der Waals surface area contributed by atoms with Crippen LogP contribution in [-0.4, -0.2) is 25.6 Å². The number of benzene rings is 2. The predicted molar refractivity (Wildman–Crippen MR) is 123 cm³/mol. The molecule has 4 heteroatoms. The smallest absolute Gasteiger partial charge is 0.185 e. The summed E-state index contributed by atoms with van der Waals surface area (Å²) in [6.45, 7) is 15.5. The molecule has 0 aliphatic heterocycles. The molecular formula is C26H32O4. The van der Waals surface area contributed by atoms with Crippen molar-refractivity contribution >= 4 is 11.9 Å². The van der Waals surface area contributed by atoms with Crippen LogP contribution in [-0.2, 0) is 5.41 Å². The van der Waals surface area contributed by atoms with Crippen molar-refractivity contribution in [2.45, 2.75) is 40.0 Å². The maximum atomic E-state index is 12.6. The van der Waals surface area contributed by atoms with Crippen LogP contribution < -0.4 is 14.2 Å². The molecule has 0 aromatic heterocycles. The van der Waals surface area contributed by atoms with E-state index in [0.29, 0.717) is 36.9 Å². The minimum absolute atomic E-state index is 0.0746. The lowest BCUT2D eigenvalue weighted by Gasteiger charge is -2.25. The largest absolute Gasteiger partial charge is 0.490 e. The Morgan fingerprint density at radius 1 is 1.00 bits per heavy atom. The number of allylic oxidation sites excluding steroid dienone is 1. The van der Waals surface area contributed by atoms with Gasteiger partial charge >= 0.3 is 0 Å². The second-order valence-corrected chi connectivity index (χ2v) is 7.83. The quantitative estimate of drug-likeness (QED) is 0.265. The van der Waals surface area contributed by atoms with Crippen molar-refractivity contribution in [3.8, 4) is 17.2 Å². The number of hydrogen-bond donors (Lipinski definition) is 0. The fraction of sp³-hybridized carbons (Fsp3) is 0.346. The molecule has 2 aromatic carbocycles. The Hall–Kier alpha value is -3.01. The monoisotopic (exact) mass is 408 g/mol. The SMILES string of the molecule is C=CCOc1ccc(C(=O)C=Cc2cc(OCC)c(OCC)c(C(C)(C)C)c2)cc1. The summed E-state index contributed by atoms with van der Waals surface area (Å²) in [6, 6.07) is 11.1. The van der Waals surface area contributed by atoms with Gasteiger partial charge in [0, 0.05) is 11.1 Å². The molecule has 0 unspecified atom stereocenters. The minimum atomic E-state index is -0.133. The van der Waals surface area contributed by atoms with Gasteiger partial charge in [0.05, 0.1) is 13.2 Å². The van der Waals surface area contributed by atoms with E-state index >= 15 is 0 Å². The zero-order valence-corrected chi connectivity index (χ0v) is 18.7. The van der Waals surface area contributed by atoms with Gasteiger partial charge in [-0.3, -0.25) is 4.79 Å². The molecule has 0 aliphatic carbocycles. The Morgan fingerprint density at radius 3 is 2.23 bits per heavy atom. The molecule has 30 heavy (non-hydrogen) atoms. The first-order valence-electron chi connectivity index (χ1n) is 10.3.